The van der Waals surface area contributed by atoms with Crippen LogP contribution in [0.3, 0.4) is 0 Å². The van der Waals surface area contributed by atoms with Gasteiger partial charge in [-0.05, 0) is 51.9 Å². The van der Waals surface area contributed by atoms with Gasteiger partial charge in [0.15, 0.2) is 0 Å². The third-order valence-corrected chi connectivity index (χ3v) is 4.05. The standard InChI is InChI=1S/C10H13BrN2S/c11-10-2-1-9(6-13-10)12-5-8-3-4-14-7-8/h1-2,6,8,12H,3-5,7H2. The molecule has 1 saturated heterocycles. The molecule has 0 saturated carbocycles. The molecule has 0 aliphatic carbocycles. The van der Waals surface area contributed by atoms with Crippen LogP contribution in [-0.2, 0) is 0 Å². The summed E-state index contributed by atoms with van der Waals surface area (Å²) in [7, 11) is 0. The minimum absolute atomic E-state index is 0.837. The number of nitrogens with one attached hydrogen (secondary N) is 1. The Kier molecular flexibility index (Phi) is 3.70. The lowest BCUT2D eigenvalue weighted by atomic mass is 10.1. The maximum absolute atomic E-state index is 4.17. The van der Waals surface area contributed by atoms with Crippen LogP contribution in [0.15, 0.2) is 22.9 Å². The molecule has 1 unspecified atom stereocenters. The summed E-state index contributed by atoms with van der Waals surface area (Å²) < 4.78 is 0.888. The molecule has 0 amide bonds. The molecule has 2 nitrogen and oxygen atoms in total. The summed E-state index contributed by atoms with van der Waals surface area (Å²) in [5.41, 5.74) is 1.12. The van der Waals surface area contributed by atoms with E-state index < -0.39 is 0 Å². The number of pyridine rings is 1. The molecule has 1 aliphatic rings. The number of nitrogens with zero attached hydrogens (tertiary/aromatic N) is 1. The zero-order valence-corrected chi connectivity index (χ0v) is 10.3. The smallest absolute Gasteiger partial charge is 0.106 e. The van der Waals surface area contributed by atoms with Crippen LogP contribution in [0.4, 0.5) is 5.69 Å². The van der Waals surface area contributed by atoms with Crippen molar-refractivity contribution >= 4 is 33.4 Å². The van der Waals surface area contributed by atoms with Crippen LogP contribution in [0.25, 0.3) is 0 Å². The van der Waals surface area contributed by atoms with E-state index in [1.807, 2.05) is 12.3 Å². The maximum Gasteiger partial charge on any atom is 0.106 e. The second kappa shape index (κ2) is 5.03. The molecule has 1 atom stereocenters. The Hall–Kier alpha value is -0.220. The summed E-state index contributed by atoms with van der Waals surface area (Å²) in [6, 6.07) is 4.02. The van der Waals surface area contributed by atoms with Gasteiger partial charge in [0.1, 0.15) is 4.60 Å². The quantitative estimate of drug-likeness (QED) is 0.857. The average molecular weight is 273 g/mol. The molecule has 0 spiro atoms. The van der Waals surface area contributed by atoms with Crippen LogP contribution in [0.1, 0.15) is 6.42 Å². The first-order valence-electron chi connectivity index (χ1n) is 4.78. The molecule has 0 aromatic carbocycles. The minimum atomic E-state index is 0.837. The monoisotopic (exact) mass is 272 g/mol. The van der Waals surface area contributed by atoms with E-state index in [1.165, 1.54) is 17.9 Å². The number of rotatable bonds is 3. The van der Waals surface area contributed by atoms with Crippen LogP contribution in [0.2, 0.25) is 0 Å². The van der Waals surface area contributed by atoms with Gasteiger partial charge in [0.2, 0.25) is 0 Å². The maximum atomic E-state index is 4.17. The van der Waals surface area contributed by atoms with Gasteiger partial charge in [0, 0.05) is 6.54 Å². The van der Waals surface area contributed by atoms with Gasteiger partial charge in [-0.1, -0.05) is 0 Å². The molecular formula is C10H13BrN2S. The second-order valence-electron chi connectivity index (χ2n) is 3.48. The predicted octanol–water partition coefficient (Wildman–Crippen LogP) is 3.01. The Morgan fingerprint density at radius 2 is 2.50 bits per heavy atom. The third kappa shape index (κ3) is 2.89. The van der Waals surface area contributed by atoms with Gasteiger partial charge >= 0.3 is 0 Å². The van der Waals surface area contributed by atoms with E-state index in [2.05, 4.69) is 44.1 Å². The molecule has 2 heterocycles. The SMILES string of the molecule is Brc1ccc(NCC2CCSC2)cn1. The lowest BCUT2D eigenvalue weighted by Crippen LogP contribution is -2.13. The summed E-state index contributed by atoms with van der Waals surface area (Å²) >= 11 is 5.38. The lowest BCUT2D eigenvalue weighted by molar-refractivity contribution is 0.631. The zero-order valence-electron chi connectivity index (χ0n) is 7.87. The molecule has 4 heteroatoms. The van der Waals surface area contributed by atoms with E-state index in [0.29, 0.717) is 0 Å². The Morgan fingerprint density at radius 3 is 3.14 bits per heavy atom. The zero-order chi connectivity index (χ0) is 9.80. The number of hydrogen-bond acceptors (Lipinski definition) is 3. The van der Waals surface area contributed by atoms with Gasteiger partial charge in [-0.15, -0.1) is 0 Å². The second-order valence-corrected chi connectivity index (χ2v) is 5.44. The predicted molar refractivity (Wildman–Crippen MR) is 65.9 cm³/mol. The van der Waals surface area contributed by atoms with Crippen LogP contribution in [0.5, 0.6) is 0 Å². The van der Waals surface area contributed by atoms with E-state index in [-0.39, 0.29) is 0 Å². The lowest BCUT2D eigenvalue weighted by Gasteiger charge is -2.10. The molecule has 2 rings (SSSR count). The fourth-order valence-corrected chi connectivity index (χ4v) is 3.01. The Balaban J connectivity index is 1.82. The molecule has 14 heavy (non-hydrogen) atoms. The summed E-state index contributed by atoms with van der Waals surface area (Å²) in [5.74, 6) is 3.46. The van der Waals surface area contributed by atoms with Gasteiger partial charge in [0.05, 0.1) is 11.9 Å². The van der Waals surface area contributed by atoms with E-state index in [4.69, 9.17) is 0 Å². The van der Waals surface area contributed by atoms with Crippen molar-refractivity contribution in [3.05, 3.63) is 22.9 Å². The van der Waals surface area contributed by atoms with Gasteiger partial charge < -0.3 is 5.32 Å². The number of anilines is 1. The molecule has 76 valence electrons. The normalized spacial score (nSPS) is 21.1. The first-order chi connectivity index (χ1) is 6.84. The van der Waals surface area contributed by atoms with Crippen LogP contribution in [-0.4, -0.2) is 23.0 Å². The molecule has 1 aromatic heterocycles. The van der Waals surface area contributed by atoms with Gasteiger partial charge in [-0.3, -0.25) is 0 Å². The Morgan fingerprint density at radius 1 is 1.57 bits per heavy atom. The van der Waals surface area contributed by atoms with E-state index >= 15 is 0 Å². The molecule has 1 N–H and O–H groups in total. The summed E-state index contributed by atoms with van der Waals surface area (Å²) in [6.07, 6.45) is 3.22. The minimum Gasteiger partial charge on any atom is -0.383 e. The van der Waals surface area contributed by atoms with Crippen molar-refractivity contribution in [1.82, 2.24) is 4.98 Å². The fourth-order valence-electron chi connectivity index (χ4n) is 1.49. The molecule has 1 fully saturated rings. The molecule has 1 aromatic rings. The van der Waals surface area contributed by atoms with Crippen LogP contribution < -0.4 is 5.32 Å². The molecule has 1 aliphatic heterocycles. The number of aromatic nitrogens is 1. The van der Waals surface area contributed by atoms with Crippen molar-refractivity contribution in [2.24, 2.45) is 5.92 Å². The first-order valence-corrected chi connectivity index (χ1v) is 6.72. The van der Waals surface area contributed by atoms with Crippen molar-refractivity contribution in [1.29, 1.82) is 0 Å². The van der Waals surface area contributed by atoms with E-state index in [9.17, 15) is 0 Å². The molecule has 0 bridgehead atoms. The van der Waals surface area contributed by atoms with Crippen molar-refractivity contribution in [3.63, 3.8) is 0 Å². The largest absolute Gasteiger partial charge is 0.383 e. The first kappa shape index (κ1) is 10.3. The van der Waals surface area contributed by atoms with Gasteiger partial charge in [-0.25, -0.2) is 4.98 Å². The van der Waals surface area contributed by atoms with Crippen LogP contribution in [0, 0.1) is 5.92 Å². The van der Waals surface area contributed by atoms with Crippen LogP contribution >= 0.6 is 27.7 Å². The number of hydrogen-bond donors (Lipinski definition) is 1. The summed E-state index contributed by atoms with van der Waals surface area (Å²) in [4.78, 5) is 4.17. The Bertz CT molecular complexity index is 283. The summed E-state index contributed by atoms with van der Waals surface area (Å²) in [6.45, 7) is 1.08. The van der Waals surface area contributed by atoms with E-state index in [0.717, 1.165) is 22.8 Å². The van der Waals surface area contributed by atoms with Gasteiger partial charge in [-0.2, -0.15) is 11.8 Å². The van der Waals surface area contributed by atoms with E-state index in [1.54, 1.807) is 0 Å². The van der Waals surface area contributed by atoms with Crippen molar-refractivity contribution in [3.8, 4) is 0 Å². The molecule has 0 radical (unpaired) electrons. The topological polar surface area (TPSA) is 24.9 Å². The fraction of sp³-hybridized carbons (Fsp3) is 0.500. The molecular weight excluding hydrogens is 260 g/mol. The highest BCUT2D eigenvalue weighted by molar-refractivity contribution is 9.10. The summed E-state index contributed by atoms with van der Waals surface area (Å²) in [5, 5.41) is 3.42. The number of halogens is 1. The highest BCUT2D eigenvalue weighted by Gasteiger charge is 2.14. The highest BCUT2D eigenvalue weighted by atomic mass is 79.9. The van der Waals surface area contributed by atoms with Crippen molar-refractivity contribution in [2.75, 3.05) is 23.4 Å². The number of thioether (sulfide) groups is 1. The highest BCUT2D eigenvalue weighted by Crippen LogP contribution is 2.23. The Labute approximate surface area is 97.0 Å². The van der Waals surface area contributed by atoms with Crippen molar-refractivity contribution < 1.29 is 0 Å². The third-order valence-electron chi connectivity index (χ3n) is 2.35. The average Bonchev–Trinajstić information content (AvgIpc) is 2.70. The van der Waals surface area contributed by atoms with Crippen molar-refractivity contribution in [2.45, 2.75) is 6.42 Å². The van der Waals surface area contributed by atoms with Gasteiger partial charge in [0.25, 0.3) is 0 Å².